The first-order valence-electron chi connectivity index (χ1n) is 14.5. The second kappa shape index (κ2) is 14.3. The van der Waals surface area contributed by atoms with Crippen LogP contribution in [-0.4, -0.2) is 71.7 Å². The van der Waals surface area contributed by atoms with Crippen LogP contribution in [0.15, 0.2) is 75.7 Å². The minimum Gasteiger partial charge on any atom is -0.397 e. The number of nitrogen functional groups attached to an aromatic ring is 1. The van der Waals surface area contributed by atoms with Crippen molar-refractivity contribution in [2.75, 3.05) is 42.5 Å². The zero-order valence-electron chi connectivity index (χ0n) is 24.0. The monoisotopic (exact) mass is 724 g/mol. The number of nitrogens with one attached hydrogen (secondary N) is 3. The van der Waals surface area contributed by atoms with Crippen molar-refractivity contribution in [3.63, 3.8) is 0 Å². The van der Waals surface area contributed by atoms with Crippen LogP contribution < -0.4 is 21.7 Å². The van der Waals surface area contributed by atoms with Gasteiger partial charge >= 0.3 is 6.03 Å². The molecule has 2 aliphatic heterocycles. The molecule has 12 heteroatoms. The van der Waals surface area contributed by atoms with Crippen molar-refractivity contribution >= 4 is 72.6 Å². The molecule has 230 valence electrons. The molecule has 0 radical (unpaired) electrons. The molecule has 0 saturated carbocycles. The van der Waals surface area contributed by atoms with Crippen molar-refractivity contribution < 1.29 is 19.2 Å². The number of carbonyl (C=O) groups excluding carboxylic acids is 4. The van der Waals surface area contributed by atoms with Gasteiger partial charge in [0.15, 0.2) is 5.78 Å². The number of likely N-dealkylation sites (tertiary alicyclic amines) is 1. The lowest BCUT2D eigenvalue weighted by atomic mass is 9.99. The lowest BCUT2D eigenvalue weighted by molar-refractivity contribution is -0.137. The number of para-hydroxylation sites is 2. The zero-order chi connectivity index (χ0) is 31.2. The normalized spacial score (nSPS) is 15.9. The quantitative estimate of drug-likeness (QED) is 0.180. The first-order valence-corrected chi connectivity index (χ1v) is 16.1. The van der Waals surface area contributed by atoms with E-state index in [9.17, 15) is 19.2 Å². The number of fused-ring (bicyclic) bond motifs is 1. The van der Waals surface area contributed by atoms with Gasteiger partial charge in [-0.15, -0.1) is 0 Å². The fourth-order valence-corrected chi connectivity index (χ4v) is 6.78. The number of hydrogen-bond donors (Lipinski definition) is 4. The van der Waals surface area contributed by atoms with Gasteiger partial charge in [0.25, 0.3) is 0 Å². The Hall–Kier alpha value is -3.90. The Morgan fingerprint density at radius 2 is 1.61 bits per heavy atom. The summed E-state index contributed by atoms with van der Waals surface area (Å²) in [6.07, 6.45) is 1.72. The van der Waals surface area contributed by atoms with Crippen molar-refractivity contribution in [1.82, 2.24) is 15.1 Å². The third-order valence-electron chi connectivity index (χ3n) is 8.01. The molecule has 2 heterocycles. The molecule has 0 spiro atoms. The molecule has 0 aromatic heterocycles. The highest BCUT2D eigenvalue weighted by molar-refractivity contribution is 9.11. The molecule has 0 bridgehead atoms. The van der Waals surface area contributed by atoms with Gasteiger partial charge in [-0.1, -0.05) is 36.4 Å². The predicted molar refractivity (Wildman–Crippen MR) is 178 cm³/mol. The first kappa shape index (κ1) is 31.5. The van der Waals surface area contributed by atoms with E-state index in [0.717, 1.165) is 23.4 Å². The Balaban J connectivity index is 1.25. The van der Waals surface area contributed by atoms with Crippen molar-refractivity contribution in [3.05, 3.63) is 86.8 Å². The third kappa shape index (κ3) is 7.59. The standard InChI is InChI=1S/C32H34Br2N6O4/c33-24-16-21(17-25(34)30(24)35)28(41)18-27(37-29(42)19-36-22-7-2-1-3-8-22)31(43)39-13-11-23(12-14-39)40-15-10-20-6-4-5-9-26(20)38-32(40)44/h1-9,16-17,23,27,36H,10-15,18-19,35H2,(H,37,42)(H,38,44). The van der Waals surface area contributed by atoms with Gasteiger partial charge in [0.1, 0.15) is 6.04 Å². The van der Waals surface area contributed by atoms with E-state index in [1.807, 2.05) is 59.5 Å². The van der Waals surface area contributed by atoms with Crippen LogP contribution in [0.3, 0.4) is 0 Å². The Labute approximate surface area is 273 Å². The summed E-state index contributed by atoms with van der Waals surface area (Å²) in [5.74, 6) is -1.04. The van der Waals surface area contributed by atoms with Gasteiger partial charge < -0.3 is 31.5 Å². The van der Waals surface area contributed by atoms with Crippen molar-refractivity contribution in [2.24, 2.45) is 0 Å². The summed E-state index contributed by atoms with van der Waals surface area (Å²) in [7, 11) is 0. The molecule has 1 fully saturated rings. The fourth-order valence-electron chi connectivity index (χ4n) is 5.59. The topological polar surface area (TPSA) is 137 Å². The summed E-state index contributed by atoms with van der Waals surface area (Å²) in [5, 5.41) is 8.85. The number of nitrogens with two attached hydrogens (primary N) is 1. The van der Waals surface area contributed by atoms with Gasteiger partial charge in [0.05, 0.1) is 12.2 Å². The van der Waals surface area contributed by atoms with E-state index in [0.29, 0.717) is 52.7 Å². The van der Waals surface area contributed by atoms with Crippen LogP contribution in [0.25, 0.3) is 0 Å². The number of amides is 4. The zero-order valence-corrected chi connectivity index (χ0v) is 27.2. The van der Waals surface area contributed by atoms with E-state index < -0.39 is 11.9 Å². The lowest BCUT2D eigenvalue weighted by Crippen LogP contribution is -2.55. The average Bonchev–Trinajstić information content (AvgIpc) is 3.20. The van der Waals surface area contributed by atoms with E-state index >= 15 is 0 Å². The molecule has 1 atom stereocenters. The maximum atomic E-state index is 13.8. The molecule has 1 saturated heterocycles. The number of carbonyl (C=O) groups is 4. The molecule has 0 aliphatic carbocycles. The number of halogens is 2. The van der Waals surface area contributed by atoms with Gasteiger partial charge in [0.2, 0.25) is 11.8 Å². The molecule has 4 amide bonds. The summed E-state index contributed by atoms with van der Waals surface area (Å²) >= 11 is 6.74. The number of Topliss-reactive ketones (excluding diaryl/α,β-unsaturated/α-hetero) is 1. The molecule has 10 nitrogen and oxygen atoms in total. The predicted octanol–water partition coefficient (Wildman–Crippen LogP) is 5.04. The molecule has 5 N–H and O–H groups in total. The molecule has 1 unspecified atom stereocenters. The van der Waals surface area contributed by atoms with Crippen LogP contribution in [-0.2, 0) is 16.0 Å². The van der Waals surface area contributed by atoms with Crippen LogP contribution in [0.2, 0.25) is 0 Å². The molecule has 2 aliphatic rings. The molecule has 44 heavy (non-hydrogen) atoms. The molecule has 3 aromatic carbocycles. The van der Waals surface area contributed by atoms with Crippen molar-refractivity contribution in [1.29, 1.82) is 0 Å². The smallest absolute Gasteiger partial charge is 0.322 e. The van der Waals surface area contributed by atoms with Gasteiger partial charge in [-0.25, -0.2) is 4.79 Å². The summed E-state index contributed by atoms with van der Waals surface area (Å²) in [6.45, 7) is 1.34. The van der Waals surface area contributed by atoms with Crippen LogP contribution in [0, 0.1) is 0 Å². The number of rotatable bonds is 9. The largest absolute Gasteiger partial charge is 0.397 e. The van der Waals surface area contributed by atoms with Crippen LogP contribution >= 0.6 is 31.9 Å². The third-order valence-corrected chi connectivity index (χ3v) is 9.32. The molecular weight excluding hydrogens is 692 g/mol. The van der Waals surface area contributed by atoms with Gasteiger partial charge in [-0.05, 0) is 87.0 Å². The van der Waals surface area contributed by atoms with Gasteiger partial charge in [0, 0.05) is 58.0 Å². The first-order chi connectivity index (χ1) is 21.2. The van der Waals surface area contributed by atoms with Crippen LogP contribution in [0.5, 0.6) is 0 Å². The van der Waals surface area contributed by atoms with Gasteiger partial charge in [-0.2, -0.15) is 0 Å². The summed E-state index contributed by atoms with van der Waals surface area (Å²) in [5.41, 5.74) is 9.50. The Kier molecular flexibility index (Phi) is 10.2. The van der Waals surface area contributed by atoms with Crippen LogP contribution in [0.4, 0.5) is 21.9 Å². The van der Waals surface area contributed by atoms with Gasteiger partial charge in [-0.3, -0.25) is 14.4 Å². The maximum absolute atomic E-state index is 13.8. The lowest BCUT2D eigenvalue weighted by Gasteiger charge is -2.39. The maximum Gasteiger partial charge on any atom is 0.322 e. The van der Waals surface area contributed by atoms with Crippen molar-refractivity contribution in [3.8, 4) is 0 Å². The number of anilines is 3. The highest BCUT2D eigenvalue weighted by atomic mass is 79.9. The van der Waals surface area contributed by atoms with E-state index in [-0.39, 0.29) is 36.7 Å². The fraction of sp³-hybridized carbons (Fsp3) is 0.312. The SMILES string of the molecule is Nc1c(Br)cc(C(=O)CC(NC(=O)CNc2ccccc2)C(=O)N2CCC(N3CCc4ccccc4NC3=O)CC2)cc1Br. The minimum atomic E-state index is -1.06. The number of piperidine rings is 1. The van der Waals surface area contributed by atoms with Crippen molar-refractivity contribution in [2.45, 2.75) is 37.8 Å². The second-order valence-electron chi connectivity index (χ2n) is 10.9. The highest BCUT2D eigenvalue weighted by Crippen LogP contribution is 2.30. The Bertz CT molecular complexity index is 1520. The number of hydrogen-bond acceptors (Lipinski definition) is 6. The molecular formula is C32H34Br2N6O4. The number of ketones is 1. The average molecular weight is 726 g/mol. The summed E-state index contributed by atoms with van der Waals surface area (Å²) in [6, 6.07) is 19.1. The van der Waals surface area contributed by atoms with E-state index in [2.05, 4.69) is 47.8 Å². The molecule has 5 rings (SSSR count). The summed E-state index contributed by atoms with van der Waals surface area (Å²) in [4.78, 5) is 56.7. The number of benzene rings is 3. The van der Waals surface area contributed by atoms with Crippen LogP contribution in [0.1, 0.15) is 35.2 Å². The highest BCUT2D eigenvalue weighted by Gasteiger charge is 2.34. The van der Waals surface area contributed by atoms with E-state index in [1.165, 1.54) is 0 Å². The number of urea groups is 1. The Morgan fingerprint density at radius 1 is 0.955 bits per heavy atom. The Morgan fingerprint density at radius 3 is 2.32 bits per heavy atom. The number of nitrogens with zero attached hydrogens (tertiary/aromatic N) is 2. The summed E-state index contributed by atoms with van der Waals surface area (Å²) < 4.78 is 1.11. The van der Waals surface area contributed by atoms with E-state index in [4.69, 9.17) is 5.73 Å². The minimum absolute atomic E-state index is 0.0254. The van der Waals surface area contributed by atoms with E-state index in [1.54, 1.807) is 17.0 Å². The second-order valence-corrected chi connectivity index (χ2v) is 12.6. The molecule has 3 aromatic rings.